The van der Waals surface area contributed by atoms with Gasteiger partial charge in [0.1, 0.15) is 5.69 Å². The molecule has 0 aliphatic carbocycles. The summed E-state index contributed by atoms with van der Waals surface area (Å²) in [7, 11) is 0. The molecule has 29 heavy (non-hydrogen) atoms. The van der Waals surface area contributed by atoms with E-state index in [0.717, 1.165) is 5.69 Å². The molecule has 0 atom stereocenters. The molecule has 3 heterocycles. The number of benzene rings is 1. The van der Waals surface area contributed by atoms with Gasteiger partial charge in [-0.1, -0.05) is 16.8 Å². The van der Waals surface area contributed by atoms with Gasteiger partial charge in [0.05, 0.1) is 40.9 Å². The lowest BCUT2D eigenvalue weighted by Crippen LogP contribution is -2.40. The predicted octanol–water partition coefficient (Wildman–Crippen LogP) is 2.38. The number of carbonyl (C=O) groups excluding carboxylic acids is 2. The predicted molar refractivity (Wildman–Crippen MR) is 109 cm³/mol. The molecule has 1 fully saturated rings. The van der Waals surface area contributed by atoms with Crippen molar-refractivity contribution in [3.8, 4) is 5.69 Å². The number of hydrogen-bond donors (Lipinski definition) is 1. The third kappa shape index (κ3) is 4.64. The van der Waals surface area contributed by atoms with Crippen LogP contribution < -0.4 is 5.32 Å². The van der Waals surface area contributed by atoms with Gasteiger partial charge in [-0.15, -0.1) is 16.4 Å². The van der Waals surface area contributed by atoms with Crippen LogP contribution in [0, 0.1) is 0 Å². The molecule has 2 aromatic heterocycles. The van der Waals surface area contributed by atoms with Gasteiger partial charge in [0.2, 0.25) is 0 Å². The maximum absolute atomic E-state index is 12.5. The van der Waals surface area contributed by atoms with Crippen molar-refractivity contribution in [1.82, 2.24) is 25.2 Å². The molecular formula is C19H18ClN5O3S. The van der Waals surface area contributed by atoms with Crippen molar-refractivity contribution in [1.29, 1.82) is 0 Å². The average molecular weight is 432 g/mol. The Morgan fingerprint density at radius 1 is 1.14 bits per heavy atom. The number of nitrogens with zero attached hydrogens (tertiary/aromatic N) is 4. The zero-order chi connectivity index (χ0) is 20.2. The van der Waals surface area contributed by atoms with E-state index in [9.17, 15) is 9.59 Å². The lowest BCUT2D eigenvalue weighted by atomic mass is 10.1. The van der Waals surface area contributed by atoms with E-state index in [-0.39, 0.29) is 18.4 Å². The number of morpholine rings is 1. The van der Waals surface area contributed by atoms with Crippen LogP contribution in [0.1, 0.15) is 25.7 Å². The maximum atomic E-state index is 12.5. The van der Waals surface area contributed by atoms with Gasteiger partial charge in [-0.05, 0) is 36.4 Å². The molecule has 0 saturated carbocycles. The van der Waals surface area contributed by atoms with Crippen molar-refractivity contribution in [2.24, 2.45) is 0 Å². The number of hydrogen-bond acceptors (Lipinski definition) is 6. The Hall–Kier alpha value is -2.75. The van der Waals surface area contributed by atoms with Crippen LogP contribution in [0.25, 0.3) is 5.69 Å². The van der Waals surface area contributed by atoms with Crippen molar-refractivity contribution in [2.75, 3.05) is 26.3 Å². The Morgan fingerprint density at radius 3 is 2.59 bits per heavy atom. The topological polar surface area (TPSA) is 89.4 Å². The quantitative estimate of drug-likeness (QED) is 0.670. The van der Waals surface area contributed by atoms with Gasteiger partial charge in [-0.25, -0.2) is 4.68 Å². The van der Waals surface area contributed by atoms with Crippen LogP contribution in [0.5, 0.6) is 0 Å². The molecule has 8 nitrogen and oxygen atoms in total. The standard InChI is InChI=1S/C19H18ClN5O3S/c20-17-6-5-16(29-17)18(26)21-11-14-12-25(23-22-14)15-3-1-13(2-4-15)19(27)24-7-9-28-10-8-24/h1-6,12H,7-11H2,(H,21,26). The van der Waals surface area contributed by atoms with Crippen molar-refractivity contribution in [3.05, 3.63) is 63.1 Å². The van der Waals surface area contributed by atoms with Crippen molar-refractivity contribution in [3.63, 3.8) is 0 Å². The van der Waals surface area contributed by atoms with E-state index in [1.54, 1.807) is 40.0 Å². The molecule has 10 heteroatoms. The van der Waals surface area contributed by atoms with E-state index in [1.165, 1.54) is 11.3 Å². The molecule has 0 bridgehead atoms. The minimum absolute atomic E-state index is 0.00415. The summed E-state index contributed by atoms with van der Waals surface area (Å²) in [4.78, 5) is 26.9. The highest BCUT2D eigenvalue weighted by molar-refractivity contribution is 7.17. The van der Waals surface area contributed by atoms with Crippen molar-refractivity contribution < 1.29 is 14.3 Å². The molecule has 1 N–H and O–H groups in total. The number of ether oxygens (including phenoxy) is 1. The second kappa shape index (κ2) is 8.73. The van der Waals surface area contributed by atoms with E-state index >= 15 is 0 Å². The summed E-state index contributed by atoms with van der Waals surface area (Å²) in [5, 5.41) is 11.0. The van der Waals surface area contributed by atoms with Crippen LogP contribution in [-0.2, 0) is 11.3 Å². The van der Waals surface area contributed by atoms with E-state index in [0.29, 0.717) is 46.8 Å². The van der Waals surface area contributed by atoms with Crippen molar-refractivity contribution in [2.45, 2.75) is 6.54 Å². The number of nitrogens with one attached hydrogen (secondary N) is 1. The number of carbonyl (C=O) groups is 2. The second-order valence-corrected chi connectivity index (χ2v) is 8.11. The summed E-state index contributed by atoms with van der Waals surface area (Å²) in [6.45, 7) is 2.61. The van der Waals surface area contributed by atoms with Crippen LogP contribution >= 0.6 is 22.9 Å². The normalized spacial score (nSPS) is 14.0. The van der Waals surface area contributed by atoms with Gasteiger partial charge in [-0.3, -0.25) is 9.59 Å². The Kier molecular flexibility index (Phi) is 5.89. The van der Waals surface area contributed by atoms with Gasteiger partial charge in [-0.2, -0.15) is 0 Å². The summed E-state index contributed by atoms with van der Waals surface area (Å²) in [6.07, 6.45) is 1.74. The maximum Gasteiger partial charge on any atom is 0.261 e. The Labute approximate surface area is 176 Å². The summed E-state index contributed by atoms with van der Waals surface area (Å²) in [5.41, 5.74) is 2.02. The first-order valence-electron chi connectivity index (χ1n) is 9.02. The van der Waals surface area contributed by atoms with Gasteiger partial charge in [0, 0.05) is 18.7 Å². The minimum atomic E-state index is -0.206. The first-order chi connectivity index (χ1) is 14.1. The molecule has 2 amide bonds. The van der Waals surface area contributed by atoms with Gasteiger partial charge in [0.25, 0.3) is 11.8 Å². The molecule has 0 unspecified atom stereocenters. The Bertz CT molecular complexity index is 1010. The van der Waals surface area contributed by atoms with E-state index in [1.807, 2.05) is 12.1 Å². The highest BCUT2D eigenvalue weighted by Crippen LogP contribution is 2.21. The second-order valence-electron chi connectivity index (χ2n) is 6.39. The summed E-state index contributed by atoms with van der Waals surface area (Å²) in [6, 6.07) is 10.5. The van der Waals surface area contributed by atoms with Crippen molar-refractivity contribution >= 4 is 34.8 Å². The highest BCUT2D eigenvalue weighted by atomic mass is 35.5. The average Bonchev–Trinajstić information content (AvgIpc) is 3.41. The van der Waals surface area contributed by atoms with Gasteiger partial charge in [0.15, 0.2) is 0 Å². The fourth-order valence-corrected chi connectivity index (χ4v) is 3.87. The monoisotopic (exact) mass is 431 g/mol. The highest BCUT2D eigenvalue weighted by Gasteiger charge is 2.18. The largest absolute Gasteiger partial charge is 0.378 e. The van der Waals surface area contributed by atoms with E-state index < -0.39 is 0 Å². The van der Waals surface area contributed by atoms with Gasteiger partial charge < -0.3 is 15.0 Å². The summed E-state index contributed by atoms with van der Waals surface area (Å²) in [5.74, 6) is -0.210. The number of amides is 2. The molecule has 0 radical (unpaired) electrons. The number of halogens is 1. The summed E-state index contributed by atoms with van der Waals surface area (Å²) < 4.78 is 7.45. The molecule has 150 valence electrons. The Balaban J connectivity index is 1.37. The van der Waals surface area contributed by atoms with Crippen LogP contribution in [0.15, 0.2) is 42.6 Å². The molecule has 4 rings (SSSR count). The lowest BCUT2D eigenvalue weighted by Gasteiger charge is -2.26. The molecule has 1 saturated heterocycles. The molecule has 3 aromatic rings. The van der Waals surface area contributed by atoms with Crippen LogP contribution in [-0.4, -0.2) is 58.0 Å². The zero-order valence-corrected chi connectivity index (χ0v) is 16.9. The number of thiophene rings is 1. The smallest absolute Gasteiger partial charge is 0.261 e. The van der Waals surface area contributed by atoms with Crippen LogP contribution in [0.4, 0.5) is 0 Å². The molecule has 1 aliphatic rings. The number of aromatic nitrogens is 3. The first kappa shape index (κ1) is 19.6. The Morgan fingerprint density at radius 2 is 1.90 bits per heavy atom. The van der Waals surface area contributed by atoms with Crippen LogP contribution in [0.2, 0.25) is 4.34 Å². The first-order valence-corrected chi connectivity index (χ1v) is 10.2. The van der Waals surface area contributed by atoms with E-state index in [2.05, 4.69) is 15.6 Å². The molecule has 1 aliphatic heterocycles. The fourth-order valence-electron chi connectivity index (χ4n) is 2.91. The third-order valence-electron chi connectivity index (χ3n) is 4.44. The van der Waals surface area contributed by atoms with Crippen LogP contribution in [0.3, 0.4) is 0 Å². The fraction of sp³-hybridized carbons (Fsp3) is 0.263. The molecule has 1 aromatic carbocycles. The SMILES string of the molecule is O=C(NCc1cn(-c2ccc(C(=O)N3CCOCC3)cc2)nn1)c1ccc(Cl)s1. The third-order valence-corrected chi connectivity index (χ3v) is 5.67. The number of rotatable bonds is 5. The van der Waals surface area contributed by atoms with Gasteiger partial charge >= 0.3 is 0 Å². The lowest BCUT2D eigenvalue weighted by molar-refractivity contribution is 0.0303. The summed E-state index contributed by atoms with van der Waals surface area (Å²) >= 11 is 7.07. The zero-order valence-electron chi connectivity index (χ0n) is 15.4. The van der Waals surface area contributed by atoms with E-state index in [4.69, 9.17) is 16.3 Å². The minimum Gasteiger partial charge on any atom is -0.378 e. The molecule has 0 spiro atoms. The molecular weight excluding hydrogens is 414 g/mol.